The minimum absolute atomic E-state index is 0.163. The number of nitrogens with zero attached hydrogens (tertiary/aromatic N) is 1. The highest BCUT2D eigenvalue weighted by atomic mass is 16.2. The van der Waals surface area contributed by atoms with Crippen LogP contribution in [0.4, 0.5) is 0 Å². The van der Waals surface area contributed by atoms with E-state index in [1.165, 1.54) is 19.3 Å². The van der Waals surface area contributed by atoms with Gasteiger partial charge in [0.15, 0.2) is 0 Å². The summed E-state index contributed by atoms with van der Waals surface area (Å²) in [4.78, 5) is 12.6. The largest absolute Gasteiger partial charge is 0.346 e. The Hall–Kier alpha value is -0.790. The van der Waals surface area contributed by atoms with Crippen LogP contribution in [0, 0.1) is 0 Å². The van der Waals surface area contributed by atoms with Crippen molar-refractivity contribution in [3.8, 4) is 0 Å². The second-order valence-corrected chi connectivity index (χ2v) is 3.67. The fourth-order valence-corrected chi connectivity index (χ4v) is 1.23. The summed E-state index contributed by atoms with van der Waals surface area (Å²) < 4.78 is 0. The maximum absolute atomic E-state index is 10.9. The van der Waals surface area contributed by atoms with E-state index >= 15 is 0 Å². The van der Waals surface area contributed by atoms with Gasteiger partial charge in [-0.3, -0.25) is 4.79 Å². The number of allylic oxidation sites excluding steroid dienone is 2. The quantitative estimate of drug-likeness (QED) is 0.454. The van der Waals surface area contributed by atoms with E-state index in [4.69, 9.17) is 0 Å². The van der Waals surface area contributed by atoms with E-state index in [0.29, 0.717) is 0 Å². The molecule has 0 heterocycles. The molecule has 2 heteroatoms. The smallest absolute Gasteiger partial charge is 0.219 e. The number of carbonyl (C=O) groups is 1. The van der Waals surface area contributed by atoms with Crippen LogP contribution in [0.3, 0.4) is 0 Å². The average Bonchev–Trinajstić information content (AvgIpc) is 2.16. The van der Waals surface area contributed by atoms with Crippen LogP contribution in [0.25, 0.3) is 0 Å². The first-order chi connectivity index (χ1) is 6.68. The third-order valence-corrected chi connectivity index (χ3v) is 2.30. The Morgan fingerprint density at radius 3 is 2.50 bits per heavy atom. The Bertz CT molecular complexity index is 175. The standard InChI is InChI=1S/C12H23NO/c1-4-5-6-7-8-9-10-11-13(3)12(2)14/h5-6H,4,7-11H2,1-3H3/b6-5-. The molecule has 0 rings (SSSR count). The summed E-state index contributed by atoms with van der Waals surface area (Å²) in [7, 11) is 1.86. The zero-order valence-electron chi connectivity index (χ0n) is 9.75. The van der Waals surface area contributed by atoms with E-state index in [2.05, 4.69) is 19.1 Å². The first kappa shape index (κ1) is 13.2. The Labute approximate surface area is 88.0 Å². The number of rotatable bonds is 7. The van der Waals surface area contributed by atoms with Gasteiger partial charge in [-0.05, 0) is 25.7 Å². The zero-order valence-corrected chi connectivity index (χ0v) is 9.75. The SMILES string of the molecule is CC/C=C\CCCCCN(C)C(C)=O. The molecule has 0 aliphatic heterocycles. The molecule has 14 heavy (non-hydrogen) atoms. The molecule has 0 spiro atoms. The van der Waals surface area contributed by atoms with Gasteiger partial charge in [0, 0.05) is 20.5 Å². The Morgan fingerprint density at radius 1 is 1.21 bits per heavy atom. The van der Waals surface area contributed by atoms with Crippen LogP contribution in [-0.2, 0) is 4.79 Å². The first-order valence-corrected chi connectivity index (χ1v) is 5.55. The Morgan fingerprint density at radius 2 is 1.93 bits per heavy atom. The summed E-state index contributed by atoms with van der Waals surface area (Å²) >= 11 is 0. The van der Waals surface area contributed by atoms with Crippen LogP contribution >= 0.6 is 0 Å². The normalized spacial score (nSPS) is 10.8. The Kier molecular flexibility index (Phi) is 8.30. The molecule has 0 saturated carbocycles. The molecule has 0 atom stereocenters. The van der Waals surface area contributed by atoms with Crippen LogP contribution in [0.1, 0.15) is 46.0 Å². The van der Waals surface area contributed by atoms with Crippen LogP contribution in [0.5, 0.6) is 0 Å². The highest BCUT2D eigenvalue weighted by Crippen LogP contribution is 2.02. The van der Waals surface area contributed by atoms with Gasteiger partial charge in [-0.15, -0.1) is 0 Å². The maximum atomic E-state index is 10.9. The molecule has 0 aromatic heterocycles. The van der Waals surface area contributed by atoms with Crippen LogP contribution in [0.2, 0.25) is 0 Å². The first-order valence-electron chi connectivity index (χ1n) is 5.55. The van der Waals surface area contributed by atoms with E-state index in [1.54, 1.807) is 11.8 Å². The fourth-order valence-electron chi connectivity index (χ4n) is 1.23. The minimum atomic E-state index is 0.163. The van der Waals surface area contributed by atoms with Crippen molar-refractivity contribution in [1.82, 2.24) is 4.90 Å². The second kappa shape index (κ2) is 8.79. The maximum Gasteiger partial charge on any atom is 0.219 e. The third kappa shape index (κ3) is 7.84. The van der Waals surface area contributed by atoms with E-state index in [0.717, 1.165) is 19.4 Å². The van der Waals surface area contributed by atoms with E-state index in [9.17, 15) is 4.79 Å². The van der Waals surface area contributed by atoms with Gasteiger partial charge < -0.3 is 4.90 Å². The van der Waals surface area contributed by atoms with Crippen LogP contribution < -0.4 is 0 Å². The van der Waals surface area contributed by atoms with Crippen molar-refractivity contribution in [2.24, 2.45) is 0 Å². The predicted octanol–water partition coefficient (Wildman–Crippen LogP) is 2.99. The van der Waals surface area contributed by atoms with Crippen LogP contribution in [0.15, 0.2) is 12.2 Å². The molecular formula is C12H23NO. The molecule has 0 bridgehead atoms. The summed E-state index contributed by atoms with van der Waals surface area (Å²) in [6.07, 6.45) is 10.3. The third-order valence-electron chi connectivity index (χ3n) is 2.30. The lowest BCUT2D eigenvalue weighted by Crippen LogP contribution is -2.24. The number of unbranched alkanes of at least 4 members (excludes halogenated alkanes) is 3. The van der Waals surface area contributed by atoms with Gasteiger partial charge in [0.2, 0.25) is 5.91 Å². The van der Waals surface area contributed by atoms with Crippen molar-refractivity contribution in [3.63, 3.8) is 0 Å². The van der Waals surface area contributed by atoms with Gasteiger partial charge in [0.05, 0.1) is 0 Å². The molecule has 0 saturated heterocycles. The molecule has 82 valence electrons. The van der Waals surface area contributed by atoms with Crippen LogP contribution in [-0.4, -0.2) is 24.4 Å². The Balaban J connectivity index is 3.21. The summed E-state index contributed by atoms with van der Waals surface area (Å²) in [5, 5.41) is 0. The van der Waals surface area contributed by atoms with E-state index in [1.807, 2.05) is 7.05 Å². The van der Waals surface area contributed by atoms with Crippen molar-refractivity contribution in [2.75, 3.05) is 13.6 Å². The minimum Gasteiger partial charge on any atom is -0.346 e. The molecule has 0 N–H and O–H groups in total. The molecule has 0 aromatic carbocycles. The fraction of sp³-hybridized carbons (Fsp3) is 0.750. The van der Waals surface area contributed by atoms with Crippen molar-refractivity contribution < 1.29 is 4.79 Å². The summed E-state index contributed by atoms with van der Waals surface area (Å²) in [5.41, 5.74) is 0. The zero-order chi connectivity index (χ0) is 10.8. The number of hydrogen-bond acceptors (Lipinski definition) is 1. The molecule has 2 nitrogen and oxygen atoms in total. The molecule has 1 amide bonds. The summed E-state index contributed by atoms with van der Waals surface area (Å²) in [6.45, 7) is 4.66. The molecular weight excluding hydrogens is 174 g/mol. The van der Waals surface area contributed by atoms with Gasteiger partial charge in [-0.25, -0.2) is 0 Å². The molecule has 0 radical (unpaired) electrons. The van der Waals surface area contributed by atoms with Crippen molar-refractivity contribution in [3.05, 3.63) is 12.2 Å². The molecule has 0 unspecified atom stereocenters. The van der Waals surface area contributed by atoms with Gasteiger partial charge in [-0.2, -0.15) is 0 Å². The lowest BCUT2D eigenvalue weighted by molar-refractivity contribution is -0.127. The highest BCUT2D eigenvalue weighted by molar-refractivity contribution is 5.72. The van der Waals surface area contributed by atoms with E-state index in [-0.39, 0.29) is 5.91 Å². The highest BCUT2D eigenvalue weighted by Gasteiger charge is 1.99. The average molecular weight is 197 g/mol. The van der Waals surface area contributed by atoms with Crippen molar-refractivity contribution in [2.45, 2.75) is 46.0 Å². The predicted molar refractivity (Wildman–Crippen MR) is 61.2 cm³/mol. The van der Waals surface area contributed by atoms with Gasteiger partial charge in [-0.1, -0.05) is 25.5 Å². The van der Waals surface area contributed by atoms with Crippen molar-refractivity contribution in [1.29, 1.82) is 0 Å². The summed E-state index contributed by atoms with van der Waals surface area (Å²) in [5.74, 6) is 0.163. The number of carbonyl (C=O) groups excluding carboxylic acids is 1. The van der Waals surface area contributed by atoms with Gasteiger partial charge in [0.1, 0.15) is 0 Å². The lowest BCUT2D eigenvalue weighted by Gasteiger charge is -2.13. The number of hydrogen-bond donors (Lipinski definition) is 0. The monoisotopic (exact) mass is 197 g/mol. The number of amides is 1. The molecule has 0 aliphatic rings. The lowest BCUT2D eigenvalue weighted by atomic mass is 10.2. The molecule has 0 aromatic rings. The van der Waals surface area contributed by atoms with Gasteiger partial charge >= 0.3 is 0 Å². The van der Waals surface area contributed by atoms with E-state index < -0.39 is 0 Å². The van der Waals surface area contributed by atoms with Crippen molar-refractivity contribution >= 4 is 5.91 Å². The molecule has 0 fully saturated rings. The molecule has 0 aliphatic carbocycles. The second-order valence-electron chi connectivity index (χ2n) is 3.67. The van der Waals surface area contributed by atoms with Gasteiger partial charge in [0.25, 0.3) is 0 Å². The summed E-state index contributed by atoms with van der Waals surface area (Å²) in [6, 6.07) is 0. The topological polar surface area (TPSA) is 20.3 Å².